The van der Waals surface area contributed by atoms with Crippen LogP contribution in [0.4, 0.5) is 0 Å². The van der Waals surface area contributed by atoms with Crippen LogP contribution in [0.15, 0.2) is 48.5 Å². The van der Waals surface area contributed by atoms with E-state index in [1.807, 2.05) is 30.3 Å². The van der Waals surface area contributed by atoms with Gasteiger partial charge in [-0.1, -0.05) is 61.9 Å². The van der Waals surface area contributed by atoms with Gasteiger partial charge in [0.2, 0.25) is 5.91 Å². The lowest BCUT2D eigenvalue weighted by atomic mass is 9.82. The number of aromatic nitrogens is 1. The minimum atomic E-state index is -0.146. The van der Waals surface area contributed by atoms with Crippen molar-refractivity contribution in [2.75, 3.05) is 6.54 Å². The molecule has 1 heterocycles. The van der Waals surface area contributed by atoms with Crippen molar-refractivity contribution in [3.05, 3.63) is 70.9 Å². The van der Waals surface area contributed by atoms with Crippen LogP contribution in [0.25, 0.3) is 10.9 Å². The molecule has 0 saturated carbocycles. The van der Waals surface area contributed by atoms with Gasteiger partial charge in [0.25, 0.3) is 0 Å². The smallest absolute Gasteiger partial charge is 0.224 e. The van der Waals surface area contributed by atoms with Gasteiger partial charge in [-0.05, 0) is 31.0 Å². The van der Waals surface area contributed by atoms with Crippen LogP contribution in [0.1, 0.15) is 36.2 Å². The summed E-state index contributed by atoms with van der Waals surface area (Å²) in [6, 6.07) is 16.5. The first-order chi connectivity index (χ1) is 11.9. The second-order valence-electron chi connectivity index (χ2n) is 7.49. The Labute approximate surface area is 149 Å². The van der Waals surface area contributed by atoms with Crippen molar-refractivity contribution in [1.82, 2.24) is 10.3 Å². The number of amides is 1. The zero-order valence-corrected chi connectivity index (χ0v) is 15.4. The third-order valence-corrected chi connectivity index (χ3v) is 4.78. The predicted octanol–water partition coefficient (Wildman–Crippen LogP) is 4.42. The first kappa shape index (κ1) is 17.3. The zero-order chi connectivity index (χ0) is 18.0. The number of fused-ring (bicyclic) bond motifs is 1. The Balaban J connectivity index is 1.71. The average Bonchev–Trinajstić information content (AvgIpc) is 2.92. The molecule has 0 radical (unpaired) electrons. The molecule has 2 aromatic carbocycles. The Kier molecular flexibility index (Phi) is 4.67. The van der Waals surface area contributed by atoms with E-state index < -0.39 is 0 Å². The molecule has 0 saturated heterocycles. The van der Waals surface area contributed by atoms with E-state index in [1.54, 1.807) is 0 Å². The van der Waals surface area contributed by atoms with Gasteiger partial charge in [-0.25, -0.2) is 0 Å². The number of carbonyl (C=O) groups is 1. The standard InChI is InChI=1S/C22H26N2O/c1-15-9-11-17(12-10-15)13-20(25)23-14-22(3,4)21-16(2)24-19-8-6-5-7-18(19)21/h5-12,24H,13-14H2,1-4H3,(H,23,25). The second kappa shape index (κ2) is 6.75. The van der Waals surface area contributed by atoms with E-state index in [4.69, 9.17) is 0 Å². The van der Waals surface area contributed by atoms with Crippen LogP contribution in [-0.4, -0.2) is 17.4 Å². The van der Waals surface area contributed by atoms with Crippen LogP contribution in [0.2, 0.25) is 0 Å². The fourth-order valence-corrected chi connectivity index (χ4v) is 3.51. The lowest BCUT2D eigenvalue weighted by molar-refractivity contribution is -0.120. The van der Waals surface area contributed by atoms with E-state index in [0.717, 1.165) is 11.1 Å². The molecule has 0 aliphatic carbocycles. The summed E-state index contributed by atoms with van der Waals surface area (Å²) in [5.41, 5.74) is 5.70. The third kappa shape index (κ3) is 3.76. The molecule has 1 amide bonds. The lowest BCUT2D eigenvalue weighted by Crippen LogP contribution is -2.37. The van der Waals surface area contributed by atoms with Crippen molar-refractivity contribution in [3.63, 3.8) is 0 Å². The fraction of sp³-hybridized carbons (Fsp3) is 0.318. The average molecular weight is 334 g/mol. The van der Waals surface area contributed by atoms with Gasteiger partial charge >= 0.3 is 0 Å². The molecule has 1 aromatic heterocycles. The van der Waals surface area contributed by atoms with E-state index in [1.165, 1.54) is 22.2 Å². The summed E-state index contributed by atoms with van der Waals surface area (Å²) in [4.78, 5) is 15.8. The van der Waals surface area contributed by atoms with Crippen molar-refractivity contribution in [2.45, 2.75) is 39.5 Å². The van der Waals surface area contributed by atoms with Crippen molar-refractivity contribution in [1.29, 1.82) is 0 Å². The maximum absolute atomic E-state index is 12.3. The molecule has 2 N–H and O–H groups in total. The van der Waals surface area contributed by atoms with Crippen molar-refractivity contribution in [2.24, 2.45) is 0 Å². The Bertz CT molecular complexity index is 888. The summed E-state index contributed by atoms with van der Waals surface area (Å²) < 4.78 is 0. The number of nitrogens with one attached hydrogen (secondary N) is 2. The normalized spacial score (nSPS) is 11.7. The quantitative estimate of drug-likeness (QED) is 0.713. The number of benzene rings is 2. The molecule has 25 heavy (non-hydrogen) atoms. The summed E-state index contributed by atoms with van der Waals surface area (Å²) in [7, 11) is 0. The third-order valence-electron chi connectivity index (χ3n) is 4.78. The first-order valence-electron chi connectivity index (χ1n) is 8.77. The topological polar surface area (TPSA) is 44.9 Å². The number of rotatable bonds is 5. The first-order valence-corrected chi connectivity index (χ1v) is 8.77. The fourth-order valence-electron chi connectivity index (χ4n) is 3.51. The summed E-state index contributed by atoms with van der Waals surface area (Å²) in [5.74, 6) is 0.0643. The molecule has 0 bridgehead atoms. The van der Waals surface area contributed by atoms with Gasteiger partial charge < -0.3 is 10.3 Å². The minimum Gasteiger partial charge on any atom is -0.358 e. The van der Waals surface area contributed by atoms with Gasteiger partial charge in [0, 0.05) is 28.6 Å². The number of carbonyl (C=O) groups excluding carboxylic acids is 1. The number of hydrogen-bond donors (Lipinski definition) is 2. The van der Waals surface area contributed by atoms with Gasteiger partial charge in [-0.3, -0.25) is 4.79 Å². The molecular formula is C22H26N2O. The number of H-pyrrole nitrogens is 1. The molecule has 3 heteroatoms. The van der Waals surface area contributed by atoms with Crippen molar-refractivity contribution in [3.8, 4) is 0 Å². The van der Waals surface area contributed by atoms with Gasteiger partial charge in [-0.2, -0.15) is 0 Å². The summed E-state index contributed by atoms with van der Waals surface area (Å²) in [6.07, 6.45) is 0.420. The van der Waals surface area contributed by atoms with Crippen LogP contribution < -0.4 is 5.32 Å². The second-order valence-corrected chi connectivity index (χ2v) is 7.49. The SMILES string of the molecule is Cc1ccc(CC(=O)NCC(C)(C)c2c(C)[nH]c3ccccc23)cc1. The maximum Gasteiger partial charge on any atom is 0.224 e. The Hall–Kier alpha value is -2.55. The molecule has 0 unspecified atom stereocenters. The van der Waals surface area contributed by atoms with Crippen LogP contribution >= 0.6 is 0 Å². The predicted molar refractivity (Wildman–Crippen MR) is 104 cm³/mol. The number of para-hydroxylation sites is 1. The van der Waals surface area contributed by atoms with Crippen LogP contribution in [0, 0.1) is 13.8 Å². The highest BCUT2D eigenvalue weighted by atomic mass is 16.1. The van der Waals surface area contributed by atoms with Gasteiger partial charge in [0.15, 0.2) is 0 Å². The Morgan fingerprint density at radius 2 is 1.72 bits per heavy atom. The highest BCUT2D eigenvalue weighted by molar-refractivity contribution is 5.86. The van der Waals surface area contributed by atoms with Crippen LogP contribution in [-0.2, 0) is 16.6 Å². The Morgan fingerprint density at radius 3 is 2.44 bits per heavy atom. The van der Waals surface area contributed by atoms with E-state index in [2.05, 4.69) is 56.2 Å². The maximum atomic E-state index is 12.3. The molecule has 130 valence electrons. The van der Waals surface area contributed by atoms with Gasteiger partial charge in [0.1, 0.15) is 0 Å². The van der Waals surface area contributed by atoms with E-state index in [0.29, 0.717) is 13.0 Å². The van der Waals surface area contributed by atoms with Crippen LogP contribution in [0.5, 0.6) is 0 Å². The molecule has 0 atom stereocenters. The van der Waals surface area contributed by atoms with Crippen molar-refractivity contribution < 1.29 is 4.79 Å². The monoisotopic (exact) mass is 334 g/mol. The molecule has 3 rings (SSSR count). The Morgan fingerprint density at radius 1 is 1.04 bits per heavy atom. The highest BCUT2D eigenvalue weighted by Gasteiger charge is 2.26. The molecule has 0 spiro atoms. The summed E-state index contributed by atoms with van der Waals surface area (Å²) in [5, 5.41) is 4.35. The highest BCUT2D eigenvalue weighted by Crippen LogP contribution is 2.32. The minimum absolute atomic E-state index is 0.0643. The number of aromatic amines is 1. The van der Waals surface area contributed by atoms with E-state index in [9.17, 15) is 4.79 Å². The molecule has 3 nitrogen and oxygen atoms in total. The number of hydrogen-bond acceptors (Lipinski definition) is 1. The van der Waals surface area contributed by atoms with Crippen molar-refractivity contribution >= 4 is 16.8 Å². The molecule has 0 aliphatic heterocycles. The lowest BCUT2D eigenvalue weighted by Gasteiger charge is -2.26. The van der Waals surface area contributed by atoms with Crippen LogP contribution in [0.3, 0.4) is 0 Å². The largest absolute Gasteiger partial charge is 0.358 e. The summed E-state index contributed by atoms with van der Waals surface area (Å²) >= 11 is 0. The summed E-state index contributed by atoms with van der Waals surface area (Å²) in [6.45, 7) is 9.13. The van der Waals surface area contributed by atoms with Gasteiger partial charge in [-0.15, -0.1) is 0 Å². The molecule has 0 fully saturated rings. The molecular weight excluding hydrogens is 308 g/mol. The van der Waals surface area contributed by atoms with E-state index >= 15 is 0 Å². The van der Waals surface area contributed by atoms with Gasteiger partial charge in [0.05, 0.1) is 6.42 Å². The molecule has 0 aliphatic rings. The number of aryl methyl sites for hydroxylation is 2. The van der Waals surface area contributed by atoms with E-state index in [-0.39, 0.29) is 11.3 Å². The zero-order valence-electron chi connectivity index (χ0n) is 15.4. The molecule has 3 aromatic rings.